The van der Waals surface area contributed by atoms with E-state index in [2.05, 4.69) is 11.9 Å². The lowest BCUT2D eigenvalue weighted by Gasteiger charge is -2.29. The zero-order valence-corrected chi connectivity index (χ0v) is 19.5. The average molecular weight is 477 g/mol. The highest BCUT2D eigenvalue weighted by atomic mass is 32.2. The number of amides is 1. The van der Waals surface area contributed by atoms with Gasteiger partial charge in [-0.25, -0.2) is 17.6 Å². The molecule has 0 radical (unpaired) electrons. The molecule has 3 rings (SSSR count). The van der Waals surface area contributed by atoms with Crippen LogP contribution in [0.25, 0.3) is 0 Å². The van der Waals surface area contributed by atoms with E-state index in [1.165, 1.54) is 23.4 Å². The number of β-amino-alcohol motifs (C(OH)–C–C–N with tert-alkyl or cyclic N) is 1. The Hall–Kier alpha value is -2.75. The van der Waals surface area contributed by atoms with Crippen LogP contribution < -0.4 is 5.32 Å². The Morgan fingerprint density at radius 3 is 2.67 bits per heavy atom. The summed E-state index contributed by atoms with van der Waals surface area (Å²) in [6.07, 6.45) is -1.35. The number of hydrogen-bond donors (Lipinski definition) is 2. The summed E-state index contributed by atoms with van der Waals surface area (Å²) in [5.74, 6) is -0.398. The van der Waals surface area contributed by atoms with Gasteiger partial charge < -0.3 is 15.2 Å². The number of fused-ring (bicyclic) bond motifs is 1. The molecule has 1 aliphatic rings. The zero-order chi connectivity index (χ0) is 24.2. The number of rotatable bonds is 7. The van der Waals surface area contributed by atoms with Crippen molar-refractivity contribution in [2.45, 2.75) is 43.7 Å². The van der Waals surface area contributed by atoms with Gasteiger partial charge in [0.2, 0.25) is 10.0 Å². The number of allylic oxidation sites excluding steroid dienone is 1. The van der Waals surface area contributed by atoms with Crippen molar-refractivity contribution in [1.82, 2.24) is 9.62 Å². The van der Waals surface area contributed by atoms with E-state index in [4.69, 9.17) is 4.74 Å². The highest BCUT2D eigenvalue weighted by Crippen LogP contribution is 2.29. The van der Waals surface area contributed by atoms with Gasteiger partial charge in [0.05, 0.1) is 22.8 Å². The van der Waals surface area contributed by atoms with E-state index in [0.29, 0.717) is 12.0 Å². The SMILES string of the molecule is C=C(C)OC(=O)N[C@@H](Cc1ccccc1)[C@H](O)CN1C[C@H](C)Cc2cc(F)ccc2S1(=O)=O. The number of carbonyl (C=O) groups excluding carboxylic acids is 1. The van der Waals surface area contributed by atoms with E-state index in [0.717, 1.165) is 11.6 Å². The highest BCUT2D eigenvalue weighted by molar-refractivity contribution is 7.89. The molecule has 0 bridgehead atoms. The third-order valence-electron chi connectivity index (χ3n) is 5.45. The second-order valence-electron chi connectivity index (χ2n) is 8.48. The van der Waals surface area contributed by atoms with Crippen molar-refractivity contribution in [3.05, 3.63) is 77.8 Å². The topological polar surface area (TPSA) is 95.9 Å². The summed E-state index contributed by atoms with van der Waals surface area (Å²) in [5.41, 5.74) is 1.27. The first kappa shape index (κ1) is 24.9. The third kappa shape index (κ3) is 6.40. The van der Waals surface area contributed by atoms with Crippen LogP contribution in [0.4, 0.5) is 9.18 Å². The quantitative estimate of drug-likeness (QED) is 0.598. The van der Waals surface area contributed by atoms with Crippen molar-refractivity contribution < 1.29 is 27.4 Å². The summed E-state index contributed by atoms with van der Waals surface area (Å²) in [4.78, 5) is 12.2. The number of nitrogens with zero attached hydrogens (tertiary/aromatic N) is 1. The first-order valence-electron chi connectivity index (χ1n) is 10.7. The zero-order valence-electron chi connectivity index (χ0n) is 18.7. The Labute approximate surface area is 193 Å². The van der Waals surface area contributed by atoms with Gasteiger partial charge in [-0.05, 0) is 55.0 Å². The molecule has 2 aromatic carbocycles. The van der Waals surface area contributed by atoms with Gasteiger partial charge in [0.25, 0.3) is 0 Å². The van der Waals surface area contributed by atoms with Crippen molar-refractivity contribution in [3.8, 4) is 0 Å². The molecule has 2 aromatic rings. The minimum absolute atomic E-state index is 0.0368. The fourth-order valence-electron chi connectivity index (χ4n) is 3.98. The van der Waals surface area contributed by atoms with Crippen molar-refractivity contribution in [2.24, 2.45) is 5.92 Å². The Morgan fingerprint density at radius 1 is 1.30 bits per heavy atom. The Balaban J connectivity index is 1.86. The van der Waals surface area contributed by atoms with Crippen LogP contribution in [0.1, 0.15) is 25.0 Å². The Kier molecular flexibility index (Phi) is 7.88. The smallest absolute Gasteiger partial charge is 0.412 e. The van der Waals surface area contributed by atoms with Gasteiger partial charge in [-0.3, -0.25) is 0 Å². The lowest BCUT2D eigenvalue weighted by molar-refractivity contribution is 0.0954. The van der Waals surface area contributed by atoms with E-state index in [9.17, 15) is 22.7 Å². The minimum Gasteiger partial charge on any atom is -0.416 e. The van der Waals surface area contributed by atoms with Gasteiger partial charge in [0.1, 0.15) is 5.82 Å². The molecule has 0 saturated heterocycles. The molecule has 9 heteroatoms. The molecule has 0 saturated carbocycles. The fraction of sp³-hybridized carbons (Fsp3) is 0.375. The van der Waals surface area contributed by atoms with Crippen LogP contribution in [-0.4, -0.2) is 49.2 Å². The van der Waals surface area contributed by atoms with Crippen LogP contribution in [0.2, 0.25) is 0 Å². The van der Waals surface area contributed by atoms with Crippen LogP contribution in [0.3, 0.4) is 0 Å². The summed E-state index contributed by atoms with van der Waals surface area (Å²) in [7, 11) is -3.97. The molecule has 0 unspecified atom stereocenters. The van der Waals surface area contributed by atoms with Crippen molar-refractivity contribution in [3.63, 3.8) is 0 Å². The second kappa shape index (κ2) is 10.5. The van der Waals surface area contributed by atoms with Crippen LogP contribution in [0, 0.1) is 11.7 Å². The molecule has 7 nitrogen and oxygen atoms in total. The molecule has 0 fully saturated rings. The van der Waals surface area contributed by atoms with Gasteiger partial charge >= 0.3 is 6.09 Å². The summed E-state index contributed by atoms with van der Waals surface area (Å²) in [6.45, 7) is 6.84. The number of sulfonamides is 1. The van der Waals surface area contributed by atoms with Crippen LogP contribution in [-0.2, 0) is 27.6 Å². The maximum atomic E-state index is 13.7. The third-order valence-corrected chi connectivity index (χ3v) is 7.38. The first-order valence-corrected chi connectivity index (χ1v) is 12.1. The number of benzene rings is 2. The van der Waals surface area contributed by atoms with Gasteiger partial charge in [-0.2, -0.15) is 4.31 Å². The molecule has 1 amide bonds. The molecule has 1 aliphatic heterocycles. The van der Waals surface area contributed by atoms with Crippen molar-refractivity contribution in [2.75, 3.05) is 13.1 Å². The number of halogens is 1. The normalized spacial score (nSPS) is 19.6. The predicted molar refractivity (Wildman–Crippen MR) is 122 cm³/mol. The van der Waals surface area contributed by atoms with Gasteiger partial charge in [-0.15, -0.1) is 0 Å². The largest absolute Gasteiger partial charge is 0.416 e. The maximum Gasteiger partial charge on any atom is 0.412 e. The van der Waals surface area contributed by atoms with E-state index in [1.54, 1.807) is 0 Å². The molecule has 0 aliphatic carbocycles. The van der Waals surface area contributed by atoms with Gasteiger partial charge in [-0.1, -0.05) is 43.8 Å². The second-order valence-corrected chi connectivity index (χ2v) is 10.4. The monoisotopic (exact) mass is 476 g/mol. The fourth-order valence-corrected chi connectivity index (χ4v) is 5.77. The van der Waals surface area contributed by atoms with Crippen LogP contribution >= 0.6 is 0 Å². The molecule has 1 heterocycles. The minimum atomic E-state index is -3.97. The number of nitrogens with one attached hydrogen (secondary N) is 1. The number of aliphatic hydroxyl groups excluding tert-OH is 1. The maximum absolute atomic E-state index is 13.7. The molecule has 178 valence electrons. The molecular weight excluding hydrogens is 447 g/mol. The van der Waals surface area contributed by atoms with Crippen LogP contribution in [0.5, 0.6) is 0 Å². The average Bonchev–Trinajstić information content (AvgIpc) is 2.81. The number of hydrogen-bond acceptors (Lipinski definition) is 5. The van der Waals surface area contributed by atoms with Crippen LogP contribution in [0.15, 0.2) is 65.8 Å². The van der Waals surface area contributed by atoms with Crippen molar-refractivity contribution >= 4 is 16.1 Å². The molecular formula is C24H29FN2O5S. The lowest BCUT2D eigenvalue weighted by atomic mass is 9.99. The summed E-state index contributed by atoms with van der Waals surface area (Å²) >= 11 is 0. The highest BCUT2D eigenvalue weighted by Gasteiger charge is 2.35. The predicted octanol–water partition coefficient (Wildman–Crippen LogP) is 3.24. The first-order chi connectivity index (χ1) is 15.6. The van der Waals surface area contributed by atoms with E-state index in [-0.39, 0.29) is 36.1 Å². The Bertz CT molecular complexity index is 1110. The van der Waals surface area contributed by atoms with Crippen molar-refractivity contribution in [1.29, 1.82) is 0 Å². The molecule has 2 N–H and O–H groups in total. The number of carbonyl (C=O) groups is 1. The summed E-state index contributed by atoms with van der Waals surface area (Å²) in [5, 5.41) is 13.7. The number of aliphatic hydroxyl groups is 1. The molecule has 0 aromatic heterocycles. The number of ether oxygens (including phenoxy) is 1. The standard InChI is InChI=1S/C24H29FN2O5S/c1-16(2)32-24(29)26-21(12-18-7-5-4-6-8-18)22(28)15-27-14-17(3)11-19-13-20(25)9-10-23(19)33(27,30)31/h4-10,13,17,21-22,28H,1,11-12,14-15H2,2-3H3,(H,26,29)/t17-,21+,22-/m1/s1. The molecule has 0 spiro atoms. The van der Waals surface area contributed by atoms with Gasteiger partial charge in [0.15, 0.2) is 0 Å². The van der Waals surface area contributed by atoms with E-state index < -0.39 is 34.1 Å². The Morgan fingerprint density at radius 2 is 2.00 bits per heavy atom. The summed E-state index contributed by atoms with van der Waals surface area (Å²) in [6, 6.07) is 12.0. The summed E-state index contributed by atoms with van der Waals surface area (Å²) < 4.78 is 46.6. The van der Waals surface area contributed by atoms with E-state index >= 15 is 0 Å². The molecule has 33 heavy (non-hydrogen) atoms. The molecule has 3 atom stereocenters. The number of alkyl carbamates (subject to hydrolysis) is 1. The van der Waals surface area contributed by atoms with E-state index in [1.807, 2.05) is 37.3 Å². The van der Waals surface area contributed by atoms with Gasteiger partial charge in [0, 0.05) is 13.1 Å². The lowest BCUT2D eigenvalue weighted by Crippen LogP contribution is -2.51.